The number of nitrogens with one attached hydrogen (secondary N) is 1. The van der Waals surface area contributed by atoms with Gasteiger partial charge in [-0.05, 0) is 31.0 Å². The molecule has 1 aromatic heterocycles. The van der Waals surface area contributed by atoms with E-state index in [0.29, 0.717) is 29.0 Å². The van der Waals surface area contributed by atoms with E-state index < -0.39 is 0 Å². The molecule has 0 aliphatic heterocycles. The van der Waals surface area contributed by atoms with E-state index in [9.17, 15) is 0 Å². The Morgan fingerprint density at radius 1 is 1.29 bits per heavy atom. The zero-order valence-electron chi connectivity index (χ0n) is 12.1. The molecule has 0 aliphatic rings. The van der Waals surface area contributed by atoms with E-state index in [1.165, 1.54) is 6.33 Å². The van der Waals surface area contributed by atoms with Crippen molar-refractivity contribution in [3.05, 3.63) is 41.2 Å². The van der Waals surface area contributed by atoms with E-state index in [1.54, 1.807) is 0 Å². The van der Waals surface area contributed by atoms with Gasteiger partial charge in [-0.25, -0.2) is 4.98 Å². The molecule has 2 aromatic rings. The number of hydrogen-bond donors (Lipinski definition) is 2. The second-order valence-electron chi connectivity index (χ2n) is 4.71. The summed E-state index contributed by atoms with van der Waals surface area (Å²) in [6, 6.07) is 7.68. The fraction of sp³-hybridized carbons (Fsp3) is 0.333. The molecule has 21 heavy (non-hydrogen) atoms. The number of aromatic nitrogens is 2. The van der Waals surface area contributed by atoms with E-state index in [4.69, 9.17) is 22.1 Å². The quantitative estimate of drug-likeness (QED) is 0.851. The second kappa shape index (κ2) is 7.13. The van der Waals surface area contributed by atoms with Crippen LogP contribution in [0.3, 0.4) is 0 Å². The van der Waals surface area contributed by atoms with Crippen LogP contribution in [0.1, 0.15) is 31.9 Å². The van der Waals surface area contributed by atoms with Crippen molar-refractivity contribution in [3.63, 3.8) is 0 Å². The third-order valence-electron chi connectivity index (χ3n) is 3.01. The molecule has 3 N–H and O–H groups in total. The van der Waals surface area contributed by atoms with Crippen LogP contribution in [0.15, 0.2) is 30.6 Å². The van der Waals surface area contributed by atoms with Crippen LogP contribution in [0, 0.1) is 0 Å². The molecule has 112 valence electrons. The Balaban J connectivity index is 2.13. The minimum Gasteiger partial charge on any atom is -0.476 e. The van der Waals surface area contributed by atoms with Gasteiger partial charge in [-0.2, -0.15) is 4.98 Å². The van der Waals surface area contributed by atoms with Crippen LogP contribution < -0.4 is 15.8 Å². The van der Waals surface area contributed by atoms with Crippen LogP contribution in [0.25, 0.3) is 0 Å². The number of hydrogen-bond acceptors (Lipinski definition) is 5. The predicted molar refractivity (Wildman–Crippen MR) is 85.7 cm³/mol. The van der Waals surface area contributed by atoms with Gasteiger partial charge < -0.3 is 15.8 Å². The topological polar surface area (TPSA) is 73.1 Å². The molecule has 0 saturated heterocycles. The number of ether oxygens (including phenoxy) is 1. The van der Waals surface area contributed by atoms with Gasteiger partial charge in [0.05, 0.1) is 12.6 Å². The number of nitrogens with two attached hydrogens (primary N) is 1. The van der Waals surface area contributed by atoms with Crippen LogP contribution >= 0.6 is 11.6 Å². The Morgan fingerprint density at radius 2 is 2.00 bits per heavy atom. The summed E-state index contributed by atoms with van der Waals surface area (Å²) in [5.41, 5.74) is 7.56. The van der Waals surface area contributed by atoms with Gasteiger partial charge in [0.15, 0.2) is 5.82 Å². The number of rotatable bonds is 6. The summed E-state index contributed by atoms with van der Waals surface area (Å²) < 4.78 is 5.50. The molecule has 0 radical (unpaired) electrons. The molecule has 0 amide bonds. The molecule has 0 saturated carbocycles. The molecule has 0 spiro atoms. The Labute approximate surface area is 129 Å². The first-order chi connectivity index (χ1) is 10.1. The van der Waals surface area contributed by atoms with Gasteiger partial charge in [0, 0.05) is 5.02 Å². The standard InChI is InChI=1S/C15H19ClN4O/c1-3-8-21-15-13(17)14(18-9-19-15)20-10(2)11-4-6-12(16)7-5-11/h4-7,9-10H,3,8,17H2,1-2H3,(H,18,19,20). The monoisotopic (exact) mass is 306 g/mol. The second-order valence-corrected chi connectivity index (χ2v) is 5.14. The third-order valence-corrected chi connectivity index (χ3v) is 3.27. The first kappa shape index (κ1) is 15.4. The van der Waals surface area contributed by atoms with Crippen molar-refractivity contribution in [2.75, 3.05) is 17.7 Å². The summed E-state index contributed by atoms with van der Waals surface area (Å²) in [7, 11) is 0. The lowest BCUT2D eigenvalue weighted by molar-refractivity contribution is 0.306. The van der Waals surface area contributed by atoms with E-state index in [2.05, 4.69) is 15.3 Å². The third kappa shape index (κ3) is 3.98. The average Bonchev–Trinajstić information content (AvgIpc) is 2.49. The summed E-state index contributed by atoms with van der Waals surface area (Å²) in [6.07, 6.45) is 2.34. The molecule has 0 aliphatic carbocycles. The summed E-state index contributed by atoms with van der Waals surface area (Å²) in [6.45, 7) is 4.63. The van der Waals surface area contributed by atoms with E-state index in [0.717, 1.165) is 12.0 Å². The SMILES string of the molecule is CCCOc1ncnc(NC(C)c2ccc(Cl)cc2)c1N. The zero-order chi connectivity index (χ0) is 15.2. The zero-order valence-corrected chi connectivity index (χ0v) is 12.9. The molecule has 0 fully saturated rings. The van der Waals surface area contributed by atoms with Crippen molar-refractivity contribution in [2.45, 2.75) is 26.3 Å². The van der Waals surface area contributed by atoms with Gasteiger partial charge in [0.25, 0.3) is 0 Å². The average molecular weight is 307 g/mol. The molecule has 1 unspecified atom stereocenters. The highest BCUT2D eigenvalue weighted by atomic mass is 35.5. The van der Waals surface area contributed by atoms with E-state index in [-0.39, 0.29) is 6.04 Å². The number of halogens is 1. The summed E-state index contributed by atoms with van der Waals surface area (Å²) in [5.74, 6) is 0.983. The molecular formula is C15H19ClN4O. The van der Waals surface area contributed by atoms with Crippen LogP contribution in [-0.4, -0.2) is 16.6 Å². The van der Waals surface area contributed by atoms with Crippen molar-refractivity contribution in [2.24, 2.45) is 0 Å². The van der Waals surface area contributed by atoms with Gasteiger partial charge in [-0.15, -0.1) is 0 Å². The first-order valence-corrected chi connectivity index (χ1v) is 7.25. The largest absolute Gasteiger partial charge is 0.476 e. The molecule has 1 aromatic carbocycles. The Bertz CT molecular complexity index is 589. The molecule has 0 bridgehead atoms. The highest BCUT2D eigenvalue weighted by molar-refractivity contribution is 6.30. The first-order valence-electron chi connectivity index (χ1n) is 6.87. The number of anilines is 2. The Kier molecular flexibility index (Phi) is 5.22. The lowest BCUT2D eigenvalue weighted by Crippen LogP contribution is -2.11. The fourth-order valence-corrected chi connectivity index (χ4v) is 1.97. The smallest absolute Gasteiger partial charge is 0.242 e. The number of nitrogens with zero attached hydrogens (tertiary/aromatic N) is 2. The fourth-order valence-electron chi connectivity index (χ4n) is 1.85. The van der Waals surface area contributed by atoms with Gasteiger partial charge in [0.1, 0.15) is 12.0 Å². The lowest BCUT2D eigenvalue weighted by Gasteiger charge is -2.17. The summed E-state index contributed by atoms with van der Waals surface area (Å²) in [4.78, 5) is 8.23. The van der Waals surface area contributed by atoms with Crippen molar-refractivity contribution in [1.29, 1.82) is 0 Å². The molecular weight excluding hydrogens is 288 g/mol. The minimum absolute atomic E-state index is 0.0403. The van der Waals surface area contributed by atoms with Crippen LogP contribution in [0.5, 0.6) is 5.88 Å². The van der Waals surface area contributed by atoms with E-state index in [1.807, 2.05) is 38.1 Å². The van der Waals surface area contributed by atoms with E-state index >= 15 is 0 Å². The molecule has 6 heteroatoms. The minimum atomic E-state index is 0.0403. The van der Waals surface area contributed by atoms with Crippen molar-refractivity contribution < 1.29 is 4.74 Å². The van der Waals surface area contributed by atoms with Gasteiger partial charge in [0.2, 0.25) is 5.88 Å². The maximum atomic E-state index is 6.04. The van der Waals surface area contributed by atoms with Crippen LogP contribution in [0.4, 0.5) is 11.5 Å². The van der Waals surface area contributed by atoms with Crippen LogP contribution in [-0.2, 0) is 0 Å². The van der Waals surface area contributed by atoms with Crippen LogP contribution in [0.2, 0.25) is 5.02 Å². The van der Waals surface area contributed by atoms with Gasteiger partial charge in [-0.3, -0.25) is 0 Å². The summed E-state index contributed by atoms with van der Waals surface area (Å²) in [5, 5.41) is 3.97. The molecule has 2 rings (SSSR count). The van der Waals surface area contributed by atoms with Gasteiger partial charge >= 0.3 is 0 Å². The van der Waals surface area contributed by atoms with Crippen molar-refractivity contribution in [3.8, 4) is 5.88 Å². The maximum Gasteiger partial charge on any atom is 0.242 e. The Morgan fingerprint density at radius 3 is 2.67 bits per heavy atom. The van der Waals surface area contributed by atoms with Crippen molar-refractivity contribution >= 4 is 23.1 Å². The molecule has 1 heterocycles. The Hall–Kier alpha value is -2.01. The predicted octanol–water partition coefficient (Wildman–Crippen LogP) is 3.67. The van der Waals surface area contributed by atoms with Crippen molar-refractivity contribution in [1.82, 2.24) is 9.97 Å². The highest BCUT2D eigenvalue weighted by Gasteiger charge is 2.12. The van der Waals surface area contributed by atoms with Gasteiger partial charge in [-0.1, -0.05) is 30.7 Å². The summed E-state index contributed by atoms with van der Waals surface area (Å²) >= 11 is 5.89. The number of benzene rings is 1. The lowest BCUT2D eigenvalue weighted by atomic mass is 10.1. The highest BCUT2D eigenvalue weighted by Crippen LogP contribution is 2.28. The number of nitrogen functional groups attached to an aromatic ring is 1. The molecule has 1 atom stereocenters. The normalized spacial score (nSPS) is 12.0. The molecule has 5 nitrogen and oxygen atoms in total. The maximum absolute atomic E-state index is 6.04.